The Labute approximate surface area is 164 Å². The number of aromatic nitrogens is 2. The van der Waals surface area contributed by atoms with Crippen LogP contribution in [0.25, 0.3) is 0 Å². The minimum Gasteiger partial charge on any atom is -0.328 e. The van der Waals surface area contributed by atoms with E-state index in [2.05, 4.69) is 15.3 Å². The number of hydrogen-bond acceptors (Lipinski definition) is 4. The van der Waals surface area contributed by atoms with Gasteiger partial charge < -0.3 is 4.90 Å². The molecular formula is C20H17F3N4O2. The standard InChI is InChI=1S/C20H17F3N4O2/c21-12-7-24-18(25-8-12)26-16(28)9-27-10-19(6-15(19)22)14-5-11(20(23)3-4-20)1-2-13(14)17(27)29/h1-2,5,7-8,15H,3-4,6,9-10H2,(H,24,25,26,28)/t15-,19-/m0/s1. The maximum atomic E-state index is 14.5. The monoisotopic (exact) mass is 402 g/mol. The molecule has 2 fully saturated rings. The number of fused-ring (bicyclic) bond motifs is 2. The van der Waals surface area contributed by atoms with E-state index in [4.69, 9.17) is 0 Å². The number of amides is 2. The fraction of sp³-hybridized carbons (Fsp3) is 0.400. The normalized spacial score (nSPS) is 26.2. The maximum absolute atomic E-state index is 14.5. The number of anilines is 1. The Morgan fingerprint density at radius 3 is 2.59 bits per heavy atom. The second-order valence-corrected chi connectivity index (χ2v) is 7.99. The average Bonchev–Trinajstić information content (AvgIpc) is 3.59. The number of nitrogens with one attached hydrogen (secondary N) is 1. The summed E-state index contributed by atoms with van der Waals surface area (Å²) in [4.78, 5) is 33.8. The summed E-state index contributed by atoms with van der Waals surface area (Å²) in [7, 11) is 0. The van der Waals surface area contributed by atoms with Crippen LogP contribution in [-0.4, -0.2) is 45.9 Å². The second-order valence-electron chi connectivity index (χ2n) is 7.99. The van der Waals surface area contributed by atoms with Crippen molar-refractivity contribution in [3.8, 4) is 0 Å². The summed E-state index contributed by atoms with van der Waals surface area (Å²) in [5.74, 6) is -1.71. The molecule has 0 unspecified atom stereocenters. The smallest absolute Gasteiger partial charge is 0.254 e. The zero-order chi connectivity index (χ0) is 20.4. The van der Waals surface area contributed by atoms with Gasteiger partial charge in [-0.15, -0.1) is 0 Å². The fourth-order valence-corrected chi connectivity index (χ4v) is 4.03. The van der Waals surface area contributed by atoms with Crippen molar-refractivity contribution in [2.24, 2.45) is 0 Å². The highest BCUT2D eigenvalue weighted by atomic mass is 19.1. The predicted octanol–water partition coefficient (Wildman–Crippen LogP) is 2.65. The summed E-state index contributed by atoms with van der Waals surface area (Å²) in [6, 6.07) is 4.74. The molecule has 5 rings (SSSR count). The molecule has 1 aromatic heterocycles. The van der Waals surface area contributed by atoms with Crippen LogP contribution < -0.4 is 5.32 Å². The van der Waals surface area contributed by atoms with E-state index in [9.17, 15) is 22.8 Å². The summed E-state index contributed by atoms with van der Waals surface area (Å²) in [6.45, 7) is -0.275. The molecule has 6 nitrogen and oxygen atoms in total. The van der Waals surface area contributed by atoms with Gasteiger partial charge in [0.2, 0.25) is 11.9 Å². The minimum atomic E-state index is -1.37. The van der Waals surface area contributed by atoms with Crippen molar-refractivity contribution in [2.75, 3.05) is 18.4 Å². The first-order chi connectivity index (χ1) is 13.8. The molecule has 2 aromatic rings. The lowest BCUT2D eigenvalue weighted by Crippen LogP contribution is -2.47. The number of alkyl halides is 2. The summed E-state index contributed by atoms with van der Waals surface area (Å²) < 4.78 is 41.8. The van der Waals surface area contributed by atoms with E-state index < -0.39 is 34.9 Å². The molecule has 2 atom stereocenters. The van der Waals surface area contributed by atoms with Gasteiger partial charge in [-0.25, -0.2) is 23.1 Å². The third-order valence-corrected chi connectivity index (χ3v) is 5.94. The van der Waals surface area contributed by atoms with Crippen LogP contribution in [0.2, 0.25) is 0 Å². The van der Waals surface area contributed by atoms with Gasteiger partial charge in [0, 0.05) is 17.5 Å². The first kappa shape index (κ1) is 18.1. The lowest BCUT2D eigenvalue weighted by Gasteiger charge is -2.34. The molecule has 0 bridgehead atoms. The highest BCUT2D eigenvalue weighted by Crippen LogP contribution is 2.57. The Kier molecular flexibility index (Phi) is 3.75. The predicted molar refractivity (Wildman–Crippen MR) is 96.2 cm³/mol. The molecule has 2 heterocycles. The van der Waals surface area contributed by atoms with Gasteiger partial charge >= 0.3 is 0 Å². The molecule has 2 aliphatic carbocycles. The Hall–Kier alpha value is -2.97. The van der Waals surface area contributed by atoms with Gasteiger partial charge in [0.05, 0.1) is 12.4 Å². The third-order valence-electron chi connectivity index (χ3n) is 5.94. The van der Waals surface area contributed by atoms with Crippen molar-refractivity contribution in [3.05, 3.63) is 53.1 Å². The van der Waals surface area contributed by atoms with Crippen LogP contribution in [0.1, 0.15) is 40.7 Å². The minimum absolute atomic E-state index is 0.0421. The first-order valence-electron chi connectivity index (χ1n) is 9.35. The first-order valence-corrected chi connectivity index (χ1v) is 9.35. The van der Waals surface area contributed by atoms with Gasteiger partial charge in [-0.1, -0.05) is 12.1 Å². The van der Waals surface area contributed by atoms with Gasteiger partial charge in [0.1, 0.15) is 18.4 Å². The van der Waals surface area contributed by atoms with Crippen molar-refractivity contribution >= 4 is 17.8 Å². The zero-order valence-corrected chi connectivity index (χ0v) is 15.3. The van der Waals surface area contributed by atoms with E-state index in [1.807, 2.05) is 0 Å². The highest BCUT2D eigenvalue weighted by Gasteiger charge is 2.61. The number of rotatable bonds is 4. The molecular weight excluding hydrogens is 385 g/mol. The number of benzene rings is 1. The van der Waals surface area contributed by atoms with Crippen molar-refractivity contribution in [2.45, 2.75) is 36.5 Å². The van der Waals surface area contributed by atoms with Crippen molar-refractivity contribution in [1.29, 1.82) is 0 Å². The van der Waals surface area contributed by atoms with Gasteiger partial charge in [-0.3, -0.25) is 14.9 Å². The molecule has 1 N–H and O–H groups in total. The summed E-state index contributed by atoms with van der Waals surface area (Å²) >= 11 is 0. The molecule has 0 radical (unpaired) electrons. The average molecular weight is 402 g/mol. The van der Waals surface area contributed by atoms with E-state index in [0.717, 1.165) is 12.4 Å². The number of nitrogens with zero attached hydrogens (tertiary/aromatic N) is 3. The topological polar surface area (TPSA) is 75.2 Å². The Bertz CT molecular complexity index is 1020. The van der Waals surface area contributed by atoms with Crippen LogP contribution in [0, 0.1) is 5.82 Å². The molecule has 3 aliphatic rings. The SMILES string of the molecule is O=C(CN1C[C@@]2(C[C@@H]2F)c2cc(C3(F)CC3)ccc2C1=O)Nc1ncc(F)cn1. The molecule has 2 saturated carbocycles. The highest BCUT2D eigenvalue weighted by molar-refractivity contribution is 6.01. The summed E-state index contributed by atoms with van der Waals surface area (Å²) in [5, 5.41) is 2.39. The summed E-state index contributed by atoms with van der Waals surface area (Å²) in [6.07, 6.45) is 1.77. The molecule has 1 aliphatic heterocycles. The van der Waals surface area contributed by atoms with Gasteiger partial charge in [0.15, 0.2) is 5.82 Å². The molecule has 1 spiro atoms. The van der Waals surface area contributed by atoms with Crippen molar-refractivity contribution in [1.82, 2.24) is 14.9 Å². The number of carbonyl (C=O) groups is 2. The van der Waals surface area contributed by atoms with E-state index in [0.29, 0.717) is 29.5 Å². The lowest BCUT2D eigenvalue weighted by atomic mass is 9.84. The van der Waals surface area contributed by atoms with Crippen molar-refractivity contribution in [3.63, 3.8) is 0 Å². The molecule has 29 heavy (non-hydrogen) atoms. The molecule has 150 valence electrons. The number of halogens is 3. The van der Waals surface area contributed by atoms with Crippen LogP contribution >= 0.6 is 0 Å². The van der Waals surface area contributed by atoms with Gasteiger partial charge in [0.25, 0.3) is 5.91 Å². The van der Waals surface area contributed by atoms with Gasteiger partial charge in [-0.05, 0) is 36.5 Å². The van der Waals surface area contributed by atoms with Crippen LogP contribution in [0.5, 0.6) is 0 Å². The number of hydrogen-bond donors (Lipinski definition) is 1. The van der Waals surface area contributed by atoms with Crippen LogP contribution in [-0.2, 0) is 15.9 Å². The summed E-state index contributed by atoms with van der Waals surface area (Å²) in [5.41, 5.74) is -0.934. The lowest BCUT2D eigenvalue weighted by molar-refractivity contribution is -0.117. The fourth-order valence-electron chi connectivity index (χ4n) is 4.03. The molecule has 2 amide bonds. The van der Waals surface area contributed by atoms with E-state index in [-0.39, 0.29) is 25.5 Å². The van der Waals surface area contributed by atoms with Crippen LogP contribution in [0.15, 0.2) is 30.6 Å². The van der Waals surface area contributed by atoms with E-state index >= 15 is 0 Å². The third kappa shape index (κ3) is 2.95. The maximum Gasteiger partial charge on any atom is 0.254 e. The van der Waals surface area contributed by atoms with Crippen LogP contribution in [0.3, 0.4) is 0 Å². The van der Waals surface area contributed by atoms with E-state index in [1.165, 1.54) is 11.0 Å². The Morgan fingerprint density at radius 2 is 1.97 bits per heavy atom. The molecule has 0 saturated heterocycles. The zero-order valence-electron chi connectivity index (χ0n) is 15.3. The van der Waals surface area contributed by atoms with Gasteiger partial charge in [-0.2, -0.15) is 0 Å². The Balaban J connectivity index is 1.39. The molecule has 1 aromatic carbocycles. The van der Waals surface area contributed by atoms with E-state index in [1.54, 1.807) is 12.1 Å². The number of carbonyl (C=O) groups excluding carboxylic acids is 2. The largest absolute Gasteiger partial charge is 0.328 e. The quantitative estimate of drug-likeness (QED) is 0.853. The second kappa shape index (κ2) is 6.01. The van der Waals surface area contributed by atoms with Crippen molar-refractivity contribution < 1.29 is 22.8 Å². The molecule has 9 heteroatoms. The van der Waals surface area contributed by atoms with Crippen LogP contribution in [0.4, 0.5) is 19.1 Å². The Morgan fingerprint density at radius 1 is 1.28 bits per heavy atom.